The zero-order chi connectivity index (χ0) is 28.1. The van der Waals surface area contributed by atoms with Crippen LogP contribution in [-0.2, 0) is 14.6 Å². The van der Waals surface area contributed by atoms with Gasteiger partial charge in [-0.05, 0) is 19.3 Å². The highest BCUT2D eigenvalue weighted by Crippen LogP contribution is 2.13. The normalized spacial score (nSPS) is 11.9. The Balaban J connectivity index is 0. The highest BCUT2D eigenvalue weighted by Gasteiger charge is 2.05. The Morgan fingerprint density at radius 2 is 0.757 bits per heavy atom. The minimum atomic E-state index is -4.48. The van der Waals surface area contributed by atoms with Crippen LogP contribution in [-0.4, -0.2) is 51.7 Å². The van der Waals surface area contributed by atoms with Gasteiger partial charge in [0.25, 0.3) is 0 Å². The van der Waals surface area contributed by atoms with Crippen LogP contribution in [0.1, 0.15) is 168 Å². The van der Waals surface area contributed by atoms with E-state index in [0.717, 1.165) is 17.3 Å². The molecule has 37 heavy (non-hydrogen) atoms. The first-order chi connectivity index (χ1) is 17.6. The lowest BCUT2D eigenvalue weighted by atomic mass is 10.0. The second-order valence-electron chi connectivity index (χ2n) is 12.0. The van der Waals surface area contributed by atoms with Gasteiger partial charge in [-0.1, -0.05) is 149 Å². The van der Waals surface area contributed by atoms with Crippen LogP contribution in [0.4, 0.5) is 0 Å². The van der Waals surface area contributed by atoms with E-state index in [-0.39, 0.29) is 6.61 Å². The topological polar surface area (TPSA) is 66.4 Å². The lowest BCUT2D eigenvalue weighted by molar-refractivity contribution is -0.870. The van der Waals surface area contributed by atoms with Gasteiger partial charge in [0.1, 0.15) is 0 Å². The van der Waals surface area contributed by atoms with Gasteiger partial charge in [0, 0.05) is 0 Å². The lowest BCUT2D eigenvalue weighted by Gasteiger charge is -2.23. The predicted octanol–water partition coefficient (Wildman–Crippen LogP) is 9.56. The van der Waals surface area contributed by atoms with Gasteiger partial charge in [-0.3, -0.25) is 4.18 Å². The summed E-state index contributed by atoms with van der Waals surface area (Å²) in [5, 5.41) is 0. The van der Waals surface area contributed by atoms with Crippen LogP contribution in [0.2, 0.25) is 0 Å². The summed E-state index contributed by atoms with van der Waals surface area (Å²) in [6.45, 7) is 5.87. The largest absolute Gasteiger partial charge is 0.726 e. The number of unbranched alkanes of at least 4 members (excludes halogenated alkanes) is 22. The molecule has 5 nitrogen and oxygen atoms in total. The van der Waals surface area contributed by atoms with Gasteiger partial charge < -0.3 is 9.04 Å². The van der Waals surface area contributed by atoms with Crippen LogP contribution in [0.25, 0.3) is 0 Å². The van der Waals surface area contributed by atoms with Crippen molar-refractivity contribution in [2.75, 3.05) is 34.3 Å². The Morgan fingerprint density at radius 3 is 1.03 bits per heavy atom. The van der Waals surface area contributed by atoms with Crippen molar-refractivity contribution in [3.05, 3.63) is 0 Å². The summed E-state index contributed by atoms with van der Waals surface area (Å²) >= 11 is 0. The fourth-order valence-corrected chi connectivity index (χ4v) is 4.85. The average Bonchev–Trinajstić information content (AvgIpc) is 2.82. The van der Waals surface area contributed by atoms with Crippen LogP contribution >= 0.6 is 0 Å². The molecule has 0 aromatic heterocycles. The molecule has 6 heteroatoms. The van der Waals surface area contributed by atoms with Crippen molar-refractivity contribution in [2.24, 2.45) is 0 Å². The summed E-state index contributed by atoms with van der Waals surface area (Å²) in [4.78, 5) is 0. The van der Waals surface area contributed by atoms with E-state index >= 15 is 0 Å². The molecule has 0 radical (unpaired) electrons. The predicted molar refractivity (Wildman–Crippen MR) is 161 cm³/mol. The van der Waals surface area contributed by atoms with Crippen molar-refractivity contribution in [1.82, 2.24) is 0 Å². The molecule has 0 saturated heterocycles. The van der Waals surface area contributed by atoms with Gasteiger partial charge in [0.05, 0.1) is 34.3 Å². The summed E-state index contributed by atoms with van der Waals surface area (Å²) in [6.07, 6.45) is 32.1. The maximum atomic E-state index is 10.1. The minimum Gasteiger partial charge on any atom is -0.726 e. The summed E-state index contributed by atoms with van der Waals surface area (Å²) in [5.74, 6) is 0. The SMILES string of the molecule is CCCCCCCCCCCCCCCC[N+](C)(C)C.CCCCCCCCCCCCOS(=O)(=O)[O-]. The summed E-state index contributed by atoms with van der Waals surface area (Å²) in [5.41, 5.74) is 0. The number of hydrogen-bond acceptors (Lipinski definition) is 4. The van der Waals surface area contributed by atoms with Gasteiger partial charge in [0.2, 0.25) is 10.4 Å². The summed E-state index contributed by atoms with van der Waals surface area (Å²) in [7, 11) is 2.40. The van der Waals surface area contributed by atoms with Crippen molar-refractivity contribution < 1.29 is 21.6 Å². The first kappa shape index (κ1) is 39.0. The number of hydrogen-bond donors (Lipinski definition) is 0. The molecule has 0 N–H and O–H groups in total. The van der Waals surface area contributed by atoms with E-state index in [0.29, 0.717) is 6.42 Å². The van der Waals surface area contributed by atoms with E-state index in [1.54, 1.807) is 0 Å². The van der Waals surface area contributed by atoms with Crippen LogP contribution in [0.3, 0.4) is 0 Å². The Hall–Kier alpha value is -0.170. The Morgan fingerprint density at radius 1 is 0.486 bits per heavy atom. The lowest BCUT2D eigenvalue weighted by Crippen LogP contribution is -2.35. The molecule has 0 bridgehead atoms. The third-order valence-corrected chi connectivity index (χ3v) is 7.36. The second-order valence-corrected chi connectivity index (χ2v) is 13.1. The van der Waals surface area contributed by atoms with E-state index in [4.69, 9.17) is 0 Å². The zero-order valence-corrected chi connectivity index (χ0v) is 26.7. The monoisotopic (exact) mass is 549 g/mol. The molecule has 0 rings (SSSR count). The molecule has 0 atom stereocenters. The number of quaternary nitrogens is 1. The molecular formula is C31H67NO4S. The highest BCUT2D eigenvalue weighted by atomic mass is 32.3. The molecule has 0 saturated carbocycles. The molecule has 0 aliphatic heterocycles. The minimum absolute atomic E-state index is 0.0301. The third kappa shape index (κ3) is 43.1. The molecule has 0 amide bonds. The number of nitrogens with zero attached hydrogens (tertiary/aromatic N) is 1. The third-order valence-electron chi connectivity index (χ3n) is 6.91. The van der Waals surface area contributed by atoms with Crippen LogP contribution in [0.15, 0.2) is 0 Å². The van der Waals surface area contributed by atoms with Crippen molar-refractivity contribution in [3.63, 3.8) is 0 Å². The molecule has 0 aliphatic rings. The van der Waals surface area contributed by atoms with Gasteiger partial charge in [-0.25, -0.2) is 8.42 Å². The fraction of sp³-hybridized carbons (Fsp3) is 1.00. The van der Waals surface area contributed by atoms with Crippen LogP contribution in [0.5, 0.6) is 0 Å². The maximum Gasteiger partial charge on any atom is 0.217 e. The van der Waals surface area contributed by atoms with Crippen LogP contribution in [0, 0.1) is 0 Å². The molecule has 226 valence electrons. The average molecular weight is 550 g/mol. The summed E-state index contributed by atoms with van der Waals surface area (Å²) in [6, 6.07) is 0. The Kier molecular flexibility index (Phi) is 30.4. The van der Waals surface area contributed by atoms with E-state index in [1.165, 1.54) is 141 Å². The van der Waals surface area contributed by atoms with Gasteiger partial charge in [-0.2, -0.15) is 0 Å². The van der Waals surface area contributed by atoms with Crippen LogP contribution < -0.4 is 0 Å². The first-order valence-corrected chi connectivity index (χ1v) is 17.4. The van der Waals surface area contributed by atoms with E-state index < -0.39 is 10.4 Å². The number of rotatable bonds is 27. The molecule has 0 aromatic rings. The Bertz CT molecular complexity index is 532. The van der Waals surface area contributed by atoms with E-state index in [2.05, 4.69) is 39.2 Å². The molecule has 0 aromatic carbocycles. The van der Waals surface area contributed by atoms with Gasteiger partial charge in [-0.15, -0.1) is 0 Å². The highest BCUT2D eigenvalue weighted by molar-refractivity contribution is 7.80. The van der Waals surface area contributed by atoms with Crippen molar-refractivity contribution in [2.45, 2.75) is 168 Å². The van der Waals surface area contributed by atoms with Gasteiger partial charge in [0.15, 0.2) is 0 Å². The van der Waals surface area contributed by atoms with E-state index in [9.17, 15) is 13.0 Å². The fourth-order valence-electron chi connectivity index (χ4n) is 4.53. The van der Waals surface area contributed by atoms with E-state index in [1.807, 2.05) is 0 Å². The molecule has 0 unspecified atom stereocenters. The summed E-state index contributed by atoms with van der Waals surface area (Å²) < 4.78 is 35.6. The quantitative estimate of drug-likeness (QED) is 0.0443. The smallest absolute Gasteiger partial charge is 0.217 e. The molecule has 0 aliphatic carbocycles. The second kappa shape index (κ2) is 28.8. The zero-order valence-electron chi connectivity index (χ0n) is 25.9. The first-order valence-electron chi connectivity index (χ1n) is 16.0. The maximum absolute atomic E-state index is 10.1. The Labute approximate surface area is 234 Å². The van der Waals surface area contributed by atoms with Gasteiger partial charge >= 0.3 is 0 Å². The molecule has 0 heterocycles. The van der Waals surface area contributed by atoms with Crippen molar-refractivity contribution >= 4 is 10.4 Å². The van der Waals surface area contributed by atoms with Crippen molar-refractivity contribution in [1.29, 1.82) is 0 Å². The van der Waals surface area contributed by atoms with Crippen molar-refractivity contribution in [3.8, 4) is 0 Å². The molecule has 0 spiro atoms. The molecule has 0 fully saturated rings. The standard InChI is InChI=1S/C19H42N.C12H26O4S/c1-5-6-7-8-9-10-11-12-13-14-15-16-17-18-19-20(2,3)4;1-2-3-4-5-6-7-8-9-10-11-12-16-17(13,14)15/h5-19H2,1-4H3;2-12H2,1H3,(H,13,14,15)/q+1;/p-1. The molecular weight excluding hydrogens is 482 g/mol.